The Hall–Kier alpha value is -1.79. The molecule has 4 nitrogen and oxygen atoms in total. The van der Waals surface area contributed by atoms with Crippen molar-refractivity contribution in [2.24, 2.45) is 0 Å². The Labute approximate surface area is 192 Å². The molecule has 0 bridgehead atoms. The molecule has 0 aromatic heterocycles. The quantitative estimate of drug-likeness (QED) is 0.534. The van der Waals surface area contributed by atoms with Gasteiger partial charge in [0.15, 0.2) is 0 Å². The van der Waals surface area contributed by atoms with Crippen molar-refractivity contribution in [3.63, 3.8) is 0 Å². The standard InChI is InChI=1S/C24H31BrN2O2S/c1-18(23(29)26-24(2,3)4)27(15-14-19-8-6-5-7-9-19)22(28)17-30-16-20-10-12-21(25)13-11-20/h5-13,18H,14-17H2,1-4H3,(H,26,29). The zero-order valence-corrected chi connectivity index (χ0v) is 20.6. The molecule has 0 heterocycles. The average molecular weight is 491 g/mol. The second-order valence-electron chi connectivity index (χ2n) is 8.36. The van der Waals surface area contributed by atoms with E-state index < -0.39 is 6.04 Å². The second-order valence-corrected chi connectivity index (χ2v) is 10.3. The van der Waals surface area contributed by atoms with Crippen LogP contribution < -0.4 is 5.32 Å². The van der Waals surface area contributed by atoms with Crippen LogP contribution in [0.2, 0.25) is 0 Å². The Morgan fingerprint density at radius 3 is 2.27 bits per heavy atom. The minimum absolute atomic E-state index is 0.00963. The van der Waals surface area contributed by atoms with Gasteiger partial charge in [-0.05, 0) is 57.4 Å². The summed E-state index contributed by atoms with van der Waals surface area (Å²) in [5.74, 6) is 0.970. The number of nitrogens with one attached hydrogen (secondary N) is 1. The van der Waals surface area contributed by atoms with Crippen LogP contribution in [0.5, 0.6) is 0 Å². The summed E-state index contributed by atoms with van der Waals surface area (Å²) in [6, 6.07) is 17.6. The summed E-state index contributed by atoms with van der Waals surface area (Å²) in [5.41, 5.74) is 1.99. The number of hydrogen-bond acceptors (Lipinski definition) is 3. The molecule has 2 aromatic rings. The Balaban J connectivity index is 2.01. The minimum atomic E-state index is -0.520. The van der Waals surface area contributed by atoms with Crippen LogP contribution in [0.4, 0.5) is 0 Å². The van der Waals surface area contributed by atoms with Crippen LogP contribution in [0.1, 0.15) is 38.8 Å². The van der Waals surface area contributed by atoms with Crippen LogP contribution in [-0.2, 0) is 21.8 Å². The lowest BCUT2D eigenvalue weighted by Gasteiger charge is -2.31. The maximum absolute atomic E-state index is 13.0. The van der Waals surface area contributed by atoms with Gasteiger partial charge in [0.05, 0.1) is 5.75 Å². The fourth-order valence-electron chi connectivity index (χ4n) is 2.96. The van der Waals surface area contributed by atoms with E-state index in [1.807, 2.05) is 82.3 Å². The van der Waals surface area contributed by atoms with Gasteiger partial charge in [0, 0.05) is 22.3 Å². The Morgan fingerprint density at radius 1 is 1.03 bits per heavy atom. The van der Waals surface area contributed by atoms with Gasteiger partial charge in [-0.2, -0.15) is 0 Å². The normalized spacial score (nSPS) is 12.3. The third kappa shape index (κ3) is 8.52. The SMILES string of the molecule is CC(C(=O)NC(C)(C)C)N(CCc1ccccc1)C(=O)CSCc1ccc(Br)cc1. The van der Waals surface area contributed by atoms with Crippen LogP contribution in [0.3, 0.4) is 0 Å². The van der Waals surface area contributed by atoms with Crippen LogP contribution in [0, 0.1) is 0 Å². The number of thioether (sulfide) groups is 1. The highest BCUT2D eigenvalue weighted by atomic mass is 79.9. The first kappa shape index (κ1) is 24.5. The summed E-state index contributed by atoms with van der Waals surface area (Å²) in [6.45, 7) is 8.16. The van der Waals surface area contributed by atoms with Crippen LogP contribution in [0.25, 0.3) is 0 Å². The maximum atomic E-state index is 13.0. The highest BCUT2D eigenvalue weighted by Gasteiger charge is 2.27. The first-order valence-electron chi connectivity index (χ1n) is 10.1. The minimum Gasteiger partial charge on any atom is -0.350 e. The maximum Gasteiger partial charge on any atom is 0.242 e. The van der Waals surface area contributed by atoms with E-state index in [0.717, 1.165) is 22.2 Å². The van der Waals surface area contributed by atoms with Gasteiger partial charge in [-0.3, -0.25) is 9.59 Å². The molecule has 0 saturated carbocycles. The third-order valence-corrected chi connectivity index (χ3v) is 6.07. The van der Waals surface area contributed by atoms with E-state index in [9.17, 15) is 9.59 Å². The van der Waals surface area contributed by atoms with E-state index in [0.29, 0.717) is 12.3 Å². The summed E-state index contributed by atoms with van der Waals surface area (Å²) in [4.78, 5) is 27.5. The van der Waals surface area contributed by atoms with E-state index in [1.165, 1.54) is 5.56 Å². The van der Waals surface area contributed by atoms with Crippen molar-refractivity contribution in [1.29, 1.82) is 0 Å². The largest absolute Gasteiger partial charge is 0.350 e. The first-order valence-corrected chi connectivity index (χ1v) is 12.1. The summed E-state index contributed by atoms with van der Waals surface area (Å²) < 4.78 is 1.04. The number of carbonyl (C=O) groups is 2. The smallest absolute Gasteiger partial charge is 0.242 e. The monoisotopic (exact) mass is 490 g/mol. The third-order valence-electron chi connectivity index (χ3n) is 4.56. The number of halogens is 1. The van der Waals surface area contributed by atoms with Crippen molar-refractivity contribution in [3.8, 4) is 0 Å². The number of rotatable bonds is 9. The Bertz CT molecular complexity index is 819. The summed E-state index contributed by atoms with van der Waals surface area (Å²) in [7, 11) is 0. The van der Waals surface area contributed by atoms with Gasteiger partial charge in [-0.1, -0.05) is 58.4 Å². The Morgan fingerprint density at radius 2 is 1.67 bits per heavy atom. The molecule has 0 fully saturated rings. The molecule has 6 heteroatoms. The first-order chi connectivity index (χ1) is 14.2. The lowest BCUT2D eigenvalue weighted by molar-refractivity contribution is -0.138. The molecule has 0 spiro atoms. The number of carbonyl (C=O) groups excluding carboxylic acids is 2. The fraction of sp³-hybridized carbons (Fsp3) is 0.417. The molecule has 2 amide bonds. The van der Waals surface area contributed by atoms with Crippen molar-refractivity contribution in [2.75, 3.05) is 12.3 Å². The molecule has 0 aliphatic carbocycles. The van der Waals surface area contributed by atoms with Crippen LogP contribution >= 0.6 is 27.7 Å². The van der Waals surface area contributed by atoms with E-state index >= 15 is 0 Å². The van der Waals surface area contributed by atoms with Gasteiger partial charge in [0.25, 0.3) is 0 Å². The van der Waals surface area contributed by atoms with Gasteiger partial charge in [-0.25, -0.2) is 0 Å². The van der Waals surface area contributed by atoms with Crippen molar-refractivity contribution >= 4 is 39.5 Å². The van der Waals surface area contributed by atoms with E-state index in [4.69, 9.17) is 0 Å². The molecule has 1 N–H and O–H groups in total. The molecule has 0 radical (unpaired) electrons. The molecule has 2 aromatic carbocycles. The molecule has 30 heavy (non-hydrogen) atoms. The fourth-order valence-corrected chi connectivity index (χ4v) is 4.10. The molecule has 162 valence electrons. The number of amides is 2. The molecule has 1 atom stereocenters. The summed E-state index contributed by atoms with van der Waals surface area (Å²) in [6.07, 6.45) is 0.719. The topological polar surface area (TPSA) is 49.4 Å². The van der Waals surface area contributed by atoms with E-state index in [1.54, 1.807) is 16.7 Å². The van der Waals surface area contributed by atoms with E-state index in [-0.39, 0.29) is 17.4 Å². The number of nitrogens with zero attached hydrogens (tertiary/aromatic N) is 1. The van der Waals surface area contributed by atoms with Crippen LogP contribution in [-0.4, -0.2) is 40.6 Å². The molecule has 2 rings (SSSR count). The zero-order chi connectivity index (χ0) is 22.1. The zero-order valence-electron chi connectivity index (χ0n) is 18.2. The molecule has 0 aliphatic heterocycles. The highest BCUT2D eigenvalue weighted by Crippen LogP contribution is 2.17. The van der Waals surface area contributed by atoms with Crippen LogP contribution in [0.15, 0.2) is 59.1 Å². The molecular formula is C24H31BrN2O2S. The van der Waals surface area contributed by atoms with Gasteiger partial charge < -0.3 is 10.2 Å². The van der Waals surface area contributed by atoms with E-state index in [2.05, 4.69) is 21.2 Å². The summed E-state index contributed by atoms with van der Waals surface area (Å²) >= 11 is 5.01. The number of benzene rings is 2. The predicted molar refractivity (Wildman–Crippen MR) is 130 cm³/mol. The number of hydrogen-bond donors (Lipinski definition) is 1. The second kappa shape index (κ2) is 11.6. The molecule has 0 aliphatic rings. The van der Waals surface area contributed by atoms with Crippen molar-refractivity contribution in [1.82, 2.24) is 10.2 Å². The van der Waals surface area contributed by atoms with Gasteiger partial charge >= 0.3 is 0 Å². The van der Waals surface area contributed by atoms with Gasteiger partial charge in [-0.15, -0.1) is 11.8 Å². The predicted octanol–water partition coefficient (Wildman–Crippen LogP) is 5.06. The lowest BCUT2D eigenvalue weighted by atomic mass is 10.1. The van der Waals surface area contributed by atoms with Gasteiger partial charge in [0.2, 0.25) is 11.8 Å². The van der Waals surface area contributed by atoms with Crippen molar-refractivity contribution < 1.29 is 9.59 Å². The van der Waals surface area contributed by atoms with Crippen molar-refractivity contribution in [2.45, 2.75) is 51.4 Å². The Kier molecular flexibility index (Phi) is 9.43. The highest BCUT2D eigenvalue weighted by molar-refractivity contribution is 9.10. The molecule has 1 unspecified atom stereocenters. The molecular weight excluding hydrogens is 460 g/mol. The van der Waals surface area contributed by atoms with Gasteiger partial charge in [0.1, 0.15) is 6.04 Å². The molecule has 0 saturated heterocycles. The summed E-state index contributed by atoms with van der Waals surface area (Å²) in [5, 5.41) is 3.00. The average Bonchev–Trinajstić information content (AvgIpc) is 2.69. The lowest BCUT2D eigenvalue weighted by Crippen LogP contribution is -2.53. The van der Waals surface area contributed by atoms with Crippen molar-refractivity contribution in [3.05, 3.63) is 70.2 Å².